The van der Waals surface area contributed by atoms with Crippen LogP contribution in [0.25, 0.3) is 0 Å². The second-order valence-corrected chi connectivity index (χ2v) is 9.39. The van der Waals surface area contributed by atoms with E-state index in [2.05, 4.69) is 25.1 Å². The molecule has 0 aromatic rings. The Morgan fingerprint density at radius 1 is 1.19 bits per heavy atom. The summed E-state index contributed by atoms with van der Waals surface area (Å²) in [5, 5.41) is 23.3. The van der Waals surface area contributed by atoms with Crippen LogP contribution in [0.1, 0.15) is 65.2 Å². The van der Waals surface area contributed by atoms with Crippen molar-refractivity contribution < 1.29 is 19.8 Å². The van der Waals surface area contributed by atoms with Gasteiger partial charge in [-0.15, -0.1) is 0 Å². The van der Waals surface area contributed by atoms with E-state index >= 15 is 0 Å². The van der Waals surface area contributed by atoms with Crippen LogP contribution in [0, 0.1) is 28.6 Å². The summed E-state index contributed by atoms with van der Waals surface area (Å²) in [7, 11) is 0. The van der Waals surface area contributed by atoms with Crippen molar-refractivity contribution in [3.8, 4) is 0 Å². The average molecular weight is 361 g/mol. The zero-order chi connectivity index (χ0) is 18.5. The van der Waals surface area contributed by atoms with Gasteiger partial charge in [0.25, 0.3) is 0 Å². The van der Waals surface area contributed by atoms with E-state index in [-0.39, 0.29) is 23.5 Å². The van der Waals surface area contributed by atoms with Crippen LogP contribution < -0.4 is 0 Å². The van der Waals surface area contributed by atoms with Crippen molar-refractivity contribution in [3.63, 3.8) is 0 Å². The molecule has 4 rings (SSSR count). The Morgan fingerprint density at radius 3 is 2.77 bits per heavy atom. The maximum Gasteiger partial charge on any atom is 0.344 e. The van der Waals surface area contributed by atoms with Gasteiger partial charge in [-0.3, -0.25) is 0 Å². The first kappa shape index (κ1) is 18.0. The van der Waals surface area contributed by atoms with E-state index in [1.165, 1.54) is 24.8 Å². The molecule has 4 aliphatic rings. The van der Waals surface area contributed by atoms with Crippen molar-refractivity contribution in [2.75, 3.05) is 6.61 Å². The van der Waals surface area contributed by atoms with Crippen LogP contribution >= 0.6 is 0 Å². The number of aliphatic hydroxyl groups is 1. The van der Waals surface area contributed by atoms with E-state index in [0.29, 0.717) is 11.8 Å². The van der Waals surface area contributed by atoms with Gasteiger partial charge >= 0.3 is 5.97 Å². The molecular weight excluding hydrogens is 330 g/mol. The zero-order valence-corrected chi connectivity index (χ0v) is 15.9. The number of allylic oxidation sites excluding steroid dienone is 2. The molecule has 0 saturated heterocycles. The highest BCUT2D eigenvalue weighted by molar-refractivity contribution is 5.96. The number of carboxylic acids is 1. The Labute approximate surface area is 155 Å². The summed E-state index contributed by atoms with van der Waals surface area (Å²) in [6.45, 7) is 4.38. The molecule has 0 aromatic heterocycles. The van der Waals surface area contributed by atoms with E-state index in [1.807, 2.05) is 0 Å². The van der Waals surface area contributed by atoms with Crippen molar-refractivity contribution in [1.82, 2.24) is 0 Å². The van der Waals surface area contributed by atoms with Gasteiger partial charge in [-0.1, -0.05) is 24.6 Å². The third-order valence-electron chi connectivity index (χ3n) is 8.30. The minimum Gasteiger partial charge on any atom is -0.479 e. The van der Waals surface area contributed by atoms with Crippen LogP contribution in [0.2, 0.25) is 0 Å². The maximum absolute atomic E-state index is 10.6. The third kappa shape index (κ3) is 2.70. The van der Waals surface area contributed by atoms with Crippen LogP contribution in [0.4, 0.5) is 0 Å². The number of carbonyl (C=O) groups is 1. The summed E-state index contributed by atoms with van der Waals surface area (Å²) >= 11 is 0. The molecule has 26 heavy (non-hydrogen) atoms. The SMILES string of the molecule is C[C@@]12CC[C@@H]3[C@H](CCC4=C/C(=N/OCC(=O)O)CC[C@]43C)[C@H]1CC[C@H]2O. The highest BCUT2D eigenvalue weighted by atomic mass is 16.6. The fraction of sp³-hybridized carbons (Fsp3) is 0.810. The molecule has 3 fully saturated rings. The van der Waals surface area contributed by atoms with Gasteiger partial charge in [0, 0.05) is 0 Å². The number of hydrogen-bond acceptors (Lipinski definition) is 4. The lowest BCUT2D eigenvalue weighted by Crippen LogP contribution is -2.51. The number of fused-ring (bicyclic) bond motifs is 5. The minimum atomic E-state index is -0.993. The molecule has 0 aliphatic heterocycles. The van der Waals surface area contributed by atoms with Gasteiger partial charge in [0.15, 0.2) is 0 Å². The van der Waals surface area contributed by atoms with Crippen molar-refractivity contribution in [2.45, 2.75) is 71.3 Å². The molecule has 3 saturated carbocycles. The predicted molar refractivity (Wildman–Crippen MR) is 98.7 cm³/mol. The van der Waals surface area contributed by atoms with Gasteiger partial charge in [-0.05, 0) is 86.0 Å². The van der Waals surface area contributed by atoms with Gasteiger partial charge in [0.2, 0.25) is 6.61 Å². The second-order valence-electron chi connectivity index (χ2n) is 9.39. The Hall–Kier alpha value is -1.36. The monoisotopic (exact) mass is 361 g/mol. The summed E-state index contributed by atoms with van der Waals surface area (Å²) in [4.78, 5) is 15.5. The summed E-state index contributed by atoms with van der Waals surface area (Å²) in [6, 6.07) is 0. The van der Waals surface area contributed by atoms with Gasteiger partial charge in [0.1, 0.15) is 0 Å². The molecule has 2 N–H and O–H groups in total. The lowest BCUT2D eigenvalue weighted by atomic mass is 9.47. The molecule has 144 valence electrons. The lowest BCUT2D eigenvalue weighted by molar-refractivity contribution is -0.142. The fourth-order valence-corrected chi connectivity index (χ4v) is 6.79. The lowest BCUT2D eigenvalue weighted by Gasteiger charge is -2.57. The molecule has 0 spiro atoms. The number of aliphatic hydroxyl groups excluding tert-OH is 1. The quantitative estimate of drug-likeness (QED) is 0.750. The zero-order valence-electron chi connectivity index (χ0n) is 15.9. The van der Waals surface area contributed by atoms with Crippen LogP contribution in [0.5, 0.6) is 0 Å². The average Bonchev–Trinajstić information content (AvgIpc) is 2.90. The summed E-state index contributed by atoms with van der Waals surface area (Å²) in [5.74, 6) is 1.11. The molecule has 4 aliphatic carbocycles. The molecule has 0 radical (unpaired) electrons. The molecule has 0 unspecified atom stereocenters. The van der Waals surface area contributed by atoms with E-state index < -0.39 is 5.97 Å². The summed E-state index contributed by atoms with van der Waals surface area (Å²) in [5.41, 5.74) is 2.72. The number of hydrogen-bond donors (Lipinski definition) is 2. The normalized spacial score (nSPS) is 46.1. The number of nitrogens with zero attached hydrogens (tertiary/aromatic N) is 1. The van der Waals surface area contributed by atoms with Gasteiger partial charge < -0.3 is 15.1 Å². The number of oxime groups is 1. The van der Waals surface area contributed by atoms with Crippen molar-refractivity contribution >= 4 is 11.7 Å². The third-order valence-corrected chi connectivity index (χ3v) is 8.30. The maximum atomic E-state index is 10.6. The highest BCUT2D eigenvalue weighted by Gasteiger charge is 2.58. The van der Waals surface area contributed by atoms with Crippen molar-refractivity contribution in [3.05, 3.63) is 11.6 Å². The van der Waals surface area contributed by atoms with E-state index in [0.717, 1.165) is 43.7 Å². The molecule has 0 aromatic carbocycles. The first-order valence-electron chi connectivity index (χ1n) is 10.1. The van der Waals surface area contributed by atoms with Gasteiger partial charge in [0.05, 0.1) is 11.8 Å². The largest absolute Gasteiger partial charge is 0.479 e. The molecular formula is C21H31NO4. The van der Waals surface area contributed by atoms with E-state index in [4.69, 9.17) is 9.94 Å². The molecule has 5 nitrogen and oxygen atoms in total. The van der Waals surface area contributed by atoms with Crippen LogP contribution in [-0.4, -0.2) is 34.6 Å². The van der Waals surface area contributed by atoms with Crippen LogP contribution in [0.15, 0.2) is 16.8 Å². The first-order valence-corrected chi connectivity index (χ1v) is 10.1. The molecule has 6 atom stereocenters. The number of aliphatic carboxylic acids is 1. The Balaban J connectivity index is 1.55. The number of rotatable bonds is 3. The summed E-state index contributed by atoms with van der Waals surface area (Å²) < 4.78 is 0. The smallest absolute Gasteiger partial charge is 0.344 e. The molecule has 0 bridgehead atoms. The molecule has 5 heteroatoms. The Bertz CT molecular complexity index is 656. The fourth-order valence-electron chi connectivity index (χ4n) is 6.79. The van der Waals surface area contributed by atoms with E-state index in [9.17, 15) is 9.90 Å². The van der Waals surface area contributed by atoms with Crippen LogP contribution in [-0.2, 0) is 9.63 Å². The topological polar surface area (TPSA) is 79.1 Å². The minimum absolute atomic E-state index is 0.116. The van der Waals surface area contributed by atoms with E-state index in [1.54, 1.807) is 0 Å². The van der Waals surface area contributed by atoms with Crippen LogP contribution in [0.3, 0.4) is 0 Å². The number of carboxylic acid groups (broad SMARTS) is 1. The Kier molecular flexibility index (Phi) is 4.41. The highest BCUT2D eigenvalue weighted by Crippen LogP contribution is 2.65. The van der Waals surface area contributed by atoms with Gasteiger partial charge in [-0.25, -0.2) is 4.79 Å². The van der Waals surface area contributed by atoms with Crippen molar-refractivity contribution in [1.29, 1.82) is 0 Å². The first-order chi connectivity index (χ1) is 12.3. The Morgan fingerprint density at radius 2 is 2.00 bits per heavy atom. The standard InChI is InChI=1S/C21H31NO4/c1-20-9-7-14(22-26-12-19(24)25)11-13(20)3-4-15-16-5-6-18(23)21(16,2)10-8-17(15)20/h11,15-18,23H,3-10,12H2,1-2H3,(H,24,25)/b22-14+/t15-,16-,17-,18-,20-,21-/m1/s1. The molecule has 0 heterocycles. The molecule has 0 amide bonds. The van der Waals surface area contributed by atoms with Crippen molar-refractivity contribution in [2.24, 2.45) is 33.7 Å². The second kappa shape index (κ2) is 6.36. The summed E-state index contributed by atoms with van der Waals surface area (Å²) in [6.07, 6.45) is 10.8. The predicted octanol–water partition coefficient (Wildman–Crippen LogP) is 3.77. The van der Waals surface area contributed by atoms with Gasteiger partial charge in [-0.2, -0.15) is 0 Å².